The molecule has 8 heteroatoms. The number of para-hydroxylation sites is 2. The molecular formula is C17H11BrN4O2S. The van der Waals surface area contributed by atoms with Crippen molar-refractivity contribution in [3.05, 3.63) is 58.3 Å². The van der Waals surface area contributed by atoms with Crippen LogP contribution in [0.25, 0.3) is 16.3 Å². The van der Waals surface area contributed by atoms with Gasteiger partial charge in [0.15, 0.2) is 23.4 Å². The predicted molar refractivity (Wildman–Crippen MR) is 97.1 cm³/mol. The maximum Gasteiger partial charge on any atom is 0.253 e. The van der Waals surface area contributed by atoms with Crippen LogP contribution in [-0.4, -0.2) is 26.2 Å². The van der Waals surface area contributed by atoms with Gasteiger partial charge in [0, 0.05) is 6.20 Å². The van der Waals surface area contributed by atoms with E-state index >= 15 is 0 Å². The first-order valence-electron chi connectivity index (χ1n) is 7.64. The van der Waals surface area contributed by atoms with Gasteiger partial charge in [0.25, 0.3) is 5.78 Å². The van der Waals surface area contributed by atoms with E-state index in [9.17, 15) is 0 Å². The summed E-state index contributed by atoms with van der Waals surface area (Å²) in [4.78, 5) is 9.94. The third kappa shape index (κ3) is 2.58. The van der Waals surface area contributed by atoms with Crippen LogP contribution in [0.5, 0.6) is 11.5 Å². The van der Waals surface area contributed by atoms with E-state index < -0.39 is 0 Å². The number of aromatic nitrogens is 4. The van der Waals surface area contributed by atoms with Crippen LogP contribution >= 0.6 is 27.3 Å². The molecule has 1 atom stereocenters. The summed E-state index contributed by atoms with van der Waals surface area (Å²) >= 11 is 5.13. The Morgan fingerprint density at radius 3 is 2.84 bits per heavy atom. The van der Waals surface area contributed by atoms with Gasteiger partial charge in [-0.2, -0.15) is 9.50 Å². The van der Waals surface area contributed by atoms with Crippen molar-refractivity contribution in [1.29, 1.82) is 0 Å². The smallest absolute Gasteiger partial charge is 0.253 e. The monoisotopic (exact) mass is 414 g/mol. The molecule has 0 spiro atoms. The Labute approximate surface area is 155 Å². The lowest BCUT2D eigenvalue weighted by atomic mass is 10.2. The number of hydrogen-bond donors (Lipinski definition) is 0. The minimum atomic E-state index is -0.362. The third-order valence-electron chi connectivity index (χ3n) is 3.88. The topological polar surface area (TPSA) is 61.5 Å². The van der Waals surface area contributed by atoms with Crippen LogP contribution in [0.3, 0.4) is 0 Å². The second kappa shape index (κ2) is 5.82. The molecule has 0 unspecified atom stereocenters. The van der Waals surface area contributed by atoms with Crippen LogP contribution in [0.2, 0.25) is 0 Å². The number of halogens is 1. The predicted octanol–water partition coefficient (Wildman–Crippen LogP) is 4.13. The molecule has 5 rings (SSSR count). The summed E-state index contributed by atoms with van der Waals surface area (Å²) < 4.78 is 14.6. The average Bonchev–Trinajstić information content (AvgIpc) is 3.27. The van der Waals surface area contributed by atoms with Crippen LogP contribution in [0.4, 0.5) is 0 Å². The Bertz CT molecular complexity index is 1080. The van der Waals surface area contributed by atoms with E-state index in [1.165, 1.54) is 0 Å². The van der Waals surface area contributed by atoms with E-state index in [1.54, 1.807) is 22.0 Å². The van der Waals surface area contributed by atoms with E-state index in [4.69, 9.17) is 9.47 Å². The fourth-order valence-corrected chi connectivity index (χ4v) is 4.13. The highest BCUT2D eigenvalue weighted by Crippen LogP contribution is 2.35. The zero-order valence-corrected chi connectivity index (χ0v) is 15.2. The number of thiophene rings is 1. The van der Waals surface area contributed by atoms with Crippen molar-refractivity contribution in [2.45, 2.75) is 6.10 Å². The number of ether oxygens (including phenoxy) is 2. The van der Waals surface area contributed by atoms with Gasteiger partial charge in [-0.3, -0.25) is 0 Å². The van der Waals surface area contributed by atoms with Gasteiger partial charge in [0.2, 0.25) is 0 Å². The summed E-state index contributed by atoms with van der Waals surface area (Å²) in [6.45, 7) is 0.369. The largest absolute Gasteiger partial charge is 0.485 e. The Kier molecular flexibility index (Phi) is 3.46. The molecule has 6 nitrogen and oxygen atoms in total. The molecule has 4 aromatic rings. The first kappa shape index (κ1) is 14.9. The first-order valence-corrected chi connectivity index (χ1v) is 9.25. The van der Waals surface area contributed by atoms with Crippen molar-refractivity contribution in [3.63, 3.8) is 0 Å². The Morgan fingerprint density at radius 1 is 1.12 bits per heavy atom. The lowest BCUT2D eigenvalue weighted by molar-refractivity contribution is 0.0852. The van der Waals surface area contributed by atoms with E-state index in [-0.39, 0.29) is 6.10 Å². The summed E-state index contributed by atoms with van der Waals surface area (Å²) in [7, 11) is 0. The van der Waals surface area contributed by atoms with Gasteiger partial charge in [-0.1, -0.05) is 12.1 Å². The minimum Gasteiger partial charge on any atom is -0.485 e. The standard InChI is InChI=1S/C17H11BrN4O2S/c18-15-6-5-14(25-15)10-7-8-19-17-20-16(21-22(10)17)13-9-23-11-3-1-2-4-12(11)24-13/h1-8,13H,9H2/t13-/m0/s1. The van der Waals surface area contributed by atoms with Gasteiger partial charge in [-0.25, -0.2) is 4.98 Å². The summed E-state index contributed by atoms with van der Waals surface area (Å²) in [5.41, 5.74) is 0.941. The van der Waals surface area contributed by atoms with Crippen LogP contribution in [0, 0.1) is 0 Å². The molecule has 0 saturated heterocycles. The molecule has 0 amide bonds. The zero-order valence-electron chi connectivity index (χ0n) is 12.8. The molecule has 1 aliphatic rings. The summed E-state index contributed by atoms with van der Waals surface area (Å²) in [6, 6.07) is 13.6. The van der Waals surface area contributed by atoms with Crippen molar-refractivity contribution >= 4 is 33.0 Å². The SMILES string of the molecule is Brc1ccc(-c2ccnc3nc([C@@H]4COc5ccccc5O4)nn23)s1. The molecule has 0 aliphatic carbocycles. The highest BCUT2D eigenvalue weighted by molar-refractivity contribution is 9.11. The number of fused-ring (bicyclic) bond motifs is 2. The van der Waals surface area contributed by atoms with Gasteiger partial charge in [-0.15, -0.1) is 16.4 Å². The van der Waals surface area contributed by atoms with E-state index in [1.807, 2.05) is 42.5 Å². The van der Waals surface area contributed by atoms with Crippen LogP contribution < -0.4 is 9.47 Å². The minimum absolute atomic E-state index is 0.362. The van der Waals surface area contributed by atoms with Crippen molar-refractivity contribution in [2.75, 3.05) is 6.61 Å². The normalized spacial score (nSPS) is 16.3. The molecule has 124 valence electrons. The molecular weight excluding hydrogens is 404 g/mol. The van der Waals surface area contributed by atoms with Crippen molar-refractivity contribution in [3.8, 4) is 22.1 Å². The molecule has 25 heavy (non-hydrogen) atoms. The quantitative estimate of drug-likeness (QED) is 0.493. The van der Waals surface area contributed by atoms with Crippen LogP contribution in [-0.2, 0) is 0 Å². The van der Waals surface area contributed by atoms with E-state index in [2.05, 4.69) is 31.0 Å². The molecule has 1 aromatic carbocycles. The Morgan fingerprint density at radius 2 is 2.00 bits per heavy atom. The second-order valence-electron chi connectivity index (χ2n) is 5.48. The number of rotatable bonds is 2. The lowest BCUT2D eigenvalue weighted by Gasteiger charge is -2.24. The average molecular weight is 415 g/mol. The molecule has 3 aromatic heterocycles. The van der Waals surface area contributed by atoms with Gasteiger partial charge in [0.05, 0.1) is 14.4 Å². The van der Waals surface area contributed by atoms with Crippen molar-refractivity contribution in [1.82, 2.24) is 19.6 Å². The highest BCUT2D eigenvalue weighted by atomic mass is 79.9. The van der Waals surface area contributed by atoms with E-state index in [0.717, 1.165) is 20.1 Å². The van der Waals surface area contributed by atoms with Crippen molar-refractivity contribution in [2.24, 2.45) is 0 Å². The molecule has 0 radical (unpaired) electrons. The summed E-state index contributed by atoms with van der Waals surface area (Å²) in [6.07, 6.45) is 1.38. The molecule has 1 aliphatic heterocycles. The number of hydrogen-bond acceptors (Lipinski definition) is 6. The first-order chi connectivity index (χ1) is 12.3. The van der Waals surface area contributed by atoms with Gasteiger partial charge in [-0.05, 0) is 46.3 Å². The third-order valence-corrected chi connectivity index (χ3v) is 5.53. The molecule has 0 saturated carbocycles. The van der Waals surface area contributed by atoms with Gasteiger partial charge >= 0.3 is 0 Å². The van der Waals surface area contributed by atoms with Crippen LogP contribution in [0.15, 0.2) is 52.4 Å². The number of benzene rings is 1. The Balaban J connectivity index is 1.56. The second-order valence-corrected chi connectivity index (χ2v) is 7.94. The summed E-state index contributed by atoms with van der Waals surface area (Å²) in [5, 5.41) is 4.62. The van der Waals surface area contributed by atoms with Crippen molar-refractivity contribution < 1.29 is 9.47 Å². The van der Waals surface area contributed by atoms with E-state index in [0.29, 0.717) is 24.0 Å². The fraction of sp³-hybridized carbons (Fsp3) is 0.118. The fourth-order valence-electron chi connectivity index (χ4n) is 2.73. The van der Waals surface area contributed by atoms with Crippen LogP contribution in [0.1, 0.15) is 11.9 Å². The maximum absolute atomic E-state index is 6.00. The van der Waals surface area contributed by atoms with Gasteiger partial charge < -0.3 is 9.47 Å². The number of nitrogens with zero attached hydrogens (tertiary/aromatic N) is 4. The Hall–Kier alpha value is -2.45. The summed E-state index contributed by atoms with van der Waals surface area (Å²) in [5.74, 6) is 2.54. The zero-order chi connectivity index (χ0) is 16.8. The molecule has 0 N–H and O–H groups in total. The molecule has 0 fully saturated rings. The highest BCUT2D eigenvalue weighted by Gasteiger charge is 2.26. The lowest BCUT2D eigenvalue weighted by Crippen LogP contribution is -2.22. The van der Waals surface area contributed by atoms with Gasteiger partial charge in [0.1, 0.15) is 6.61 Å². The molecule has 0 bridgehead atoms. The molecule has 4 heterocycles. The maximum atomic E-state index is 6.00.